The zero-order chi connectivity index (χ0) is 13.9. The molecule has 1 aromatic heterocycles. The van der Waals surface area contributed by atoms with Crippen molar-refractivity contribution >= 4 is 11.8 Å². The van der Waals surface area contributed by atoms with Crippen LogP contribution in [0.5, 0.6) is 0 Å². The normalized spacial score (nSPS) is 17.9. The highest BCUT2D eigenvalue weighted by molar-refractivity contribution is 7.99. The van der Waals surface area contributed by atoms with Crippen LogP contribution in [0.4, 0.5) is 0 Å². The van der Waals surface area contributed by atoms with Crippen LogP contribution >= 0.6 is 11.8 Å². The first-order valence-corrected chi connectivity index (χ1v) is 7.59. The smallest absolute Gasteiger partial charge is 0.267 e. The molecule has 1 aliphatic rings. The number of aliphatic hydroxyl groups is 1. The lowest BCUT2D eigenvalue weighted by molar-refractivity contribution is 0.0927. The predicted octanol–water partition coefficient (Wildman–Crippen LogP) is 1.43. The summed E-state index contributed by atoms with van der Waals surface area (Å²) in [5.41, 5.74) is -0.501. The third-order valence-electron chi connectivity index (χ3n) is 3.06. The molecule has 0 aliphatic carbocycles. The molecule has 5 heteroatoms. The van der Waals surface area contributed by atoms with Crippen molar-refractivity contribution in [2.75, 3.05) is 11.5 Å². The Bertz CT molecular complexity index is 563. The molecule has 102 valence electrons. The van der Waals surface area contributed by atoms with Gasteiger partial charge in [0.2, 0.25) is 0 Å². The van der Waals surface area contributed by atoms with Gasteiger partial charge in [0.05, 0.1) is 6.04 Å². The summed E-state index contributed by atoms with van der Waals surface area (Å²) in [5, 5.41) is 14.5. The van der Waals surface area contributed by atoms with E-state index in [1.165, 1.54) is 10.7 Å². The SMILES string of the molecule is CC(C)n1nc(C#CC2(O)CCSCC2)ccc1=O. The first kappa shape index (κ1) is 14.2. The maximum absolute atomic E-state index is 11.6. The summed E-state index contributed by atoms with van der Waals surface area (Å²) in [6.45, 7) is 3.80. The van der Waals surface area contributed by atoms with Gasteiger partial charge in [-0.3, -0.25) is 4.79 Å². The molecule has 0 saturated carbocycles. The van der Waals surface area contributed by atoms with Crippen molar-refractivity contribution in [2.45, 2.75) is 38.3 Å². The molecule has 2 heterocycles. The van der Waals surface area contributed by atoms with Crippen LogP contribution in [0.1, 0.15) is 38.4 Å². The fourth-order valence-electron chi connectivity index (χ4n) is 1.88. The van der Waals surface area contributed by atoms with Gasteiger partial charge in [0, 0.05) is 6.07 Å². The van der Waals surface area contributed by atoms with E-state index in [-0.39, 0.29) is 11.6 Å². The van der Waals surface area contributed by atoms with Gasteiger partial charge in [-0.2, -0.15) is 16.9 Å². The molecule has 2 rings (SSSR count). The highest BCUT2D eigenvalue weighted by Gasteiger charge is 2.26. The predicted molar refractivity (Wildman–Crippen MR) is 77.3 cm³/mol. The van der Waals surface area contributed by atoms with Gasteiger partial charge in [0.15, 0.2) is 0 Å². The minimum atomic E-state index is -0.897. The van der Waals surface area contributed by atoms with Crippen molar-refractivity contribution in [3.8, 4) is 11.8 Å². The number of hydrogen-bond acceptors (Lipinski definition) is 4. The Hall–Kier alpha value is -1.25. The largest absolute Gasteiger partial charge is 0.378 e. The fraction of sp³-hybridized carbons (Fsp3) is 0.571. The summed E-state index contributed by atoms with van der Waals surface area (Å²) in [7, 11) is 0. The van der Waals surface area contributed by atoms with E-state index in [1.807, 2.05) is 25.6 Å². The van der Waals surface area contributed by atoms with E-state index in [2.05, 4.69) is 16.9 Å². The molecular weight excluding hydrogens is 260 g/mol. The van der Waals surface area contributed by atoms with Crippen LogP contribution in [-0.4, -0.2) is 32.0 Å². The third kappa shape index (κ3) is 3.62. The second-order valence-corrected chi connectivity index (χ2v) is 6.21. The number of nitrogens with zero attached hydrogens (tertiary/aromatic N) is 2. The van der Waals surface area contributed by atoms with E-state index in [9.17, 15) is 9.90 Å². The maximum Gasteiger partial charge on any atom is 0.267 e. The molecule has 1 aromatic rings. The minimum absolute atomic E-state index is 0.00316. The van der Waals surface area contributed by atoms with Crippen LogP contribution in [0.15, 0.2) is 16.9 Å². The van der Waals surface area contributed by atoms with Gasteiger partial charge in [-0.05, 0) is 50.2 Å². The van der Waals surface area contributed by atoms with Crippen LogP contribution in [0.3, 0.4) is 0 Å². The topological polar surface area (TPSA) is 55.1 Å². The molecule has 0 bridgehead atoms. The molecule has 0 atom stereocenters. The van der Waals surface area contributed by atoms with Crippen molar-refractivity contribution < 1.29 is 5.11 Å². The molecule has 0 unspecified atom stereocenters. The average Bonchev–Trinajstić information content (AvgIpc) is 2.38. The number of aromatic nitrogens is 2. The van der Waals surface area contributed by atoms with Crippen molar-refractivity contribution in [3.05, 3.63) is 28.2 Å². The van der Waals surface area contributed by atoms with Crippen molar-refractivity contribution in [1.29, 1.82) is 0 Å². The third-order valence-corrected chi connectivity index (χ3v) is 4.04. The average molecular weight is 278 g/mol. The van der Waals surface area contributed by atoms with Gasteiger partial charge in [-0.15, -0.1) is 0 Å². The van der Waals surface area contributed by atoms with Crippen LogP contribution in [0, 0.1) is 11.8 Å². The van der Waals surface area contributed by atoms with Gasteiger partial charge in [-0.25, -0.2) is 4.68 Å². The molecule has 1 fully saturated rings. The van der Waals surface area contributed by atoms with Crippen LogP contribution in [0.25, 0.3) is 0 Å². The van der Waals surface area contributed by atoms with Gasteiger partial charge in [0.1, 0.15) is 11.3 Å². The Morgan fingerprint density at radius 3 is 2.74 bits per heavy atom. The molecule has 1 aliphatic heterocycles. The minimum Gasteiger partial charge on any atom is -0.378 e. The standard InChI is InChI=1S/C14H18N2O2S/c1-11(2)16-13(17)4-3-12(15-16)5-6-14(18)7-9-19-10-8-14/h3-4,11,18H,7-10H2,1-2H3. The van der Waals surface area contributed by atoms with Crippen molar-refractivity contribution in [3.63, 3.8) is 0 Å². The fourth-order valence-corrected chi connectivity index (χ4v) is 3.04. The van der Waals surface area contributed by atoms with E-state index in [1.54, 1.807) is 6.07 Å². The zero-order valence-corrected chi connectivity index (χ0v) is 12.0. The molecule has 0 amide bonds. The number of thioether (sulfide) groups is 1. The Kier molecular flexibility index (Phi) is 4.33. The molecule has 0 aromatic carbocycles. The Morgan fingerprint density at radius 2 is 2.11 bits per heavy atom. The monoisotopic (exact) mass is 278 g/mol. The Morgan fingerprint density at radius 1 is 1.42 bits per heavy atom. The summed E-state index contributed by atoms with van der Waals surface area (Å²) >= 11 is 1.84. The van der Waals surface area contributed by atoms with Gasteiger partial charge in [0.25, 0.3) is 5.56 Å². The van der Waals surface area contributed by atoms with Crippen molar-refractivity contribution in [2.24, 2.45) is 0 Å². The van der Waals surface area contributed by atoms with Gasteiger partial charge < -0.3 is 5.11 Å². The van der Waals surface area contributed by atoms with E-state index in [0.717, 1.165) is 11.5 Å². The van der Waals surface area contributed by atoms with Gasteiger partial charge >= 0.3 is 0 Å². The highest BCUT2D eigenvalue weighted by atomic mass is 32.2. The zero-order valence-electron chi connectivity index (χ0n) is 11.2. The first-order chi connectivity index (χ1) is 9.00. The number of rotatable bonds is 1. The molecule has 4 nitrogen and oxygen atoms in total. The van der Waals surface area contributed by atoms with Crippen LogP contribution in [-0.2, 0) is 0 Å². The van der Waals surface area contributed by atoms with E-state index < -0.39 is 5.60 Å². The Labute approximate surface area is 117 Å². The molecule has 19 heavy (non-hydrogen) atoms. The summed E-state index contributed by atoms with van der Waals surface area (Å²) in [5.74, 6) is 7.68. The lowest BCUT2D eigenvalue weighted by Crippen LogP contribution is -2.31. The first-order valence-electron chi connectivity index (χ1n) is 6.43. The van der Waals surface area contributed by atoms with Crippen molar-refractivity contribution in [1.82, 2.24) is 9.78 Å². The van der Waals surface area contributed by atoms with E-state index in [4.69, 9.17) is 0 Å². The highest BCUT2D eigenvalue weighted by Crippen LogP contribution is 2.26. The Balaban J connectivity index is 2.24. The summed E-state index contributed by atoms with van der Waals surface area (Å²) in [4.78, 5) is 11.6. The lowest BCUT2D eigenvalue weighted by Gasteiger charge is -2.26. The lowest BCUT2D eigenvalue weighted by atomic mass is 9.97. The number of hydrogen-bond donors (Lipinski definition) is 1. The second-order valence-electron chi connectivity index (χ2n) is 4.99. The molecule has 0 spiro atoms. The molecule has 1 N–H and O–H groups in total. The van der Waals surface area contributed by atoms with Gasteiger partial charge in [-0.1, -0.05) is 5.92 Å². The summed E-state index contributed by atoms with van der Waals surface area (Å²) in [6.07, 6.45) is 1.38. The summed E-state index contributed by atoms with van der Waals surface area (Å²) in [6, 6.07) is 3.08. The van der Waals surface area contributed by atoms with E-state index in [0.29, 0.717) is 18.5 Å². The summed E-state index contributed by atoms with van der Waals surface area (Å²) < 4.78 is 1.41. The quantitative estimate of drug-likeness (QED) is 0.790. The maximum atomic E-state index is 11.6. The van der Waals surface area contributed by atoms with Crippen LogP contribution in [0.2, 0.25) is 0 Å². The molecular formula is C14H18N2O2S. The molecule has 0 radical (unpaired) electrons. The van der Waals surface area contributed by atoms with Crippen LogP contribution < -0.4 is 5.56 Å². The second kappa shape index (κ2) is 5.81. The molecule has 1 saturated heterocycles. The van der Waals surface area contributed by atoms with E-state index >= 15 is 0 Å².